The number of nitrogens with zero attached hydrogens (tertiary/aromatic N) is 2. The molecule has 1 heterocycles. The number of hydrogen-bond donors (Lipinski definition) is 0. The third-order valence-electron chi connectivity index (χ3n) is 3.99. The Labute approximate surface area is 141 Å². The monoisotopic (exact) mass is 356 g/mol. The van der Waals surface area contributed by atoms with Crippen LogP contribution in [0.1, 0.15) is 19.4 Å². The number of benzene rings is 1. The Kier molecular flexibility index (Phi) is 4.70. The van der Waals surface area contributed by atoms with E-state index in [9.17, 15) is 32.3 Å². The van der Waals surface area contributed by atoms with Gasteiger partial charge in [-0.2, -0.15) is 13.2 Å². The molecule has 1 aliphatic rings. The second kappa shape index (κ2) is 6.30. The zero-order valence-electron chi connectivity index (χ0n) is 13.5. The van der Waals surface area contributed by atoms with E-state index < -0.39 is 48.3 Å². The summed E-state index contributed by atoms with van der Waals surface area (Å²) in [6.45, 7) is 0.763. The Morgan fingerprint density at radius 3 is 2.08 bits per heavy atom. The van der Waals surface area contributed by atoms with Crippen molar-refractivity contribution in [2.45, 2.75) is 32.0 Å². The minimum Gasteiger partial charge on any atom is -0.275 e. The van der Waals surface area contributed by atoms with Crippen LogP contribution in [0.25, 0.3) is 0 Å². The Balaban J connectivity index is 2.72. The van der Waals surface area contributed by atoms with Crippen LogP contribution in [0.15, 0.2) is 30.3 Å². The van der Waals surface area contributed by atoms with Crippen molar-refractivity contribution in [1.29, 1.82) is 0 Å². The number of halogens is 3. The lowest BCUT2D eigenvalue weighted by Gasteiger charge is -2.47. The summed E-state index contributed by atoms with van der Waals surface area (Å²) in [4.78, 5) is 48.4. The van der Waals surface area contributed by atoms with Gasteiger partial charge in [0.25, 0.3) is 11.8 Å². The maximum Gasteiger partial charge on any atom is 0.421 e. The van der Waals surface area contributed by atoms with Crippen molar-refractivity contribution in [3.63, 3.8) is 0 Å². The van der Waals surface area contributed by atoms with Gasteiger partial charge in [0.2, 0.25) is 17.4 Å². The van der Waals surface area contributed by atoms with Crippen molar-refractivity contribution in [1.82, 2.24) is 9.80 Å². The second-order valence-electron chi connectivity index (χ2n) is 5.68. The molecule has 0 aromatic heterocycles. The molecule has 1 aromatic rings. The summed E-state index contributed by atoms with van der Waals surface area (Å²) >= 11 is 0. The minimum absolute atomic E-state index is 0.0677. The van der Waals surface area contributed by atoms with E-state index in [1.54, 1.807) is 6.07 Å². The summed E-state index contributed by atoms with van der Waals surface area (Å²) in [5.41, 5.74) is -3.36. The van der Waals surface area contributed by atoms with Gasteiger partial charge >= 0.3 is 6.18 Å². The van der Waals surface area contributed by atoms with Crippen LogP contribution >= 0.6 is 0 Å². The van der Waals surface area contributed by atoms with Crippen LogP contribution in [0.3, 0.4) is 0 Å². The fraction of sp³-hybridized carbons (Fsp3) is 0.375. The summed E-state index contributed by atoms with van der Waals surface area (Å²) in [6, 6.07) is 7.19. The van der Waals surface area contributed by atoms with Crippen molar-refractivity contribution in [3.8, 4) is 0 Å². The number of alkyl halides is 3. The van der Waals surface area contributed by atoms with Crippen molar-refractivity contribution in [2.24, 2.45) is 0 Å². The van der Waals surface area contributed by atoms with Crippen LogP contribution in [-0.2, 0) is 25.6 Å². The SMILES string of the molecule is CC(=O)N1CC(=O)N(C(C)=O)C(Cc2ccccc2)(C(F)(F)F)C1=O. The predicted molar refractivity (Wildman–Crippen MR) is 78.9 cm³/mol. The van der Waals surface area contributed by atoms with E-state index in [2.05, 4.69) is 0 Å². The van der Waals surface area contributed by atoms with Crippen LogP contribution in [0.2, 0.25) is 0 Å². The molecule has 1 fully saturated rings. The standard InChI is InChI=1S/C16H15F3N2O4/c1-10(22)20-9-13(24)21(11(2)23)15(14(20)25,16(17,18)19)8-12-6-4-3-5-7-12/h3-7H,8-9H2,1-2H3. The first kappa shape index (κ1) is 18.6. The lowest BCUT2D eigenvalue weighted by molar-refractivity contribution is -0.238. The number of carbonyl (C=O) groups excluding carboxylic acids is 4. The van der Waals surface area contributed by atoms with Gasteiger partial charge in [-0.3, -0.25) is 29.0 Å². The van der Waals surface area contributed by atoms with Gasteiger partial charge in [0.05, 0.1) is 0 Å². The molecule has 1 aliphatic heterocycles. The van der Waals surface area contributed by atoms with Gasteiger partial charge in [0.1, 0.15) is 6.54 Å². The number of carbonyl (C=O) groups is 4. The number of amides is 4. The number of imide groups is 2. The average Bonchev–Trinajstić information content (AvgIpc) is 2.49. The maximum absolute atomic E-state index is 14.0. The van der Waals surface area contributed by atoms with Crippen molar-refractivity contribution in [3.05, 3.63) is 35.9 Å². The first-order valence-electron chi connectivity index (χ1n) is 7.29. The van der Waals surface area contributed by atoms with Crippen molar-refractivity contribution >= 4 is 23.6 Å². The van der Waals surface area contributed by atoms with Gasteiger partial charge in [-0.25, -0.2) is 0 Å². The van der Waals surface area contributed by atoms with Crippen LogP contribution in [0.4, 0.5) is 13.2 Å². The van der Waals surface area contributed by atoms with E-state index >= 15 is 0 Å². The van der Waals surface area contributed by atoms with Gasteiger partial charge in [0.15, 0.2) is 0 Å². The number of hydrogen-bond acceptors (Lipinski definition) is 4. The highest BCUT2D eigenvalue weighted by atomic mass is 19.4. The first-order valence-corrected chi connectivity index (χ1v) is 7.29. The Bertz CT molecular complexity index is 733. The third-order valence-corrected chi connectivity index (χ3v) is 3.99. The molecule has 25 heavy (non-hydrogen) atoms. The van der Waals surface area contributed by atoms with E-state index in [1.807, 2.05) is 0 Å². The molecule has 0 saturated carbocycles. The van der Waals surface area contributed by atoms with Gasteiger partial charge < -0.3 is 0 Å². The van der Waals surface area contributed by atoms with Crippen molar-refractivity contribution < 1.29 is 32.3 Å². The van der Waals surface area contributed by atoms with E-state index in [-0.39, 0.29) is 15.4 Å². The Morgan fingerprint density at radius 2 is 1.64 bits per heavy atom. The van der Waals surface area contributed by atoms with Crippen molar-refractivity contribution in [2.75, 3.05) is 6.54 Å². The largest absolute Gasteiger partial charge is 0.421 e. The first-order chi connectivity index (χ1) is 11.5. The molecule has 0 bridgehead atoms. The minimum atomic E-state index is -5.27. The molecule has 0 aliphatic carbocycles. The summed E-state index contributed by atoms with van der Waals surface area (Å²) in [6.07, 6.45) is -6.24. The summed E-state index contributed by atoms with van der Waals surface area (Å²) in [7, 11) is 0. The van der Waals surface area contributed by atoms with Crippen LogP contribution in [0, 0.1) is 0 Å². The summed E-state index contributed by atoms with van der Waals surface area (Å²) in [5.74, 6) is -5.10. The van der Waals surface area contributed by atoms with Crippen LogP contribution in [-0.4, -0.2) is 51.7 Å². The predicted octanol–water partition coefficient (Wildman–Crippen LogP) is 1.29. The molecule has 9 heteroatoms. The Morgan fingerprint density at radius 1 is 1.08 bits per heavy atom. The lowest BCUT2D eigenvalue weighted by Crippen LogP contribution is -2.76. The molecule has 134 valence electrons. The molecule has 1 unspecified atom stereocenters. The summed E-state index contributed by atoms with van der Waals surface area (Å²) in [5, 5.41) is 0. The maximum atomic E-state index is 14.0. The molecular formula is C16H15F3N2O4. The molecule has 2 rings (SSSR count). The number of rotatable bonds is 2. The van der Waals surface area contributed by atoms with Gasteiger partial charge in [0, 0.05) is 20.3 Å². The highest BCUT2D eigenvalue weighted by molar-refractivity contribution is 6.12. The quantitative estimate of drug-likeness (QED) is 0.800. The van der Waals surface area contributed by atoms with E-state index in [0.29, 0.717) is 0 Å². The number of piperazine rings is 1. The van der Waals surface area contributed by atoms with Crippen LogP contribution < -0.4 is 0 Å². The molecule has 4 amide bonds. The topological polar surface area (TPSA) is 74.8 Å². The zero-order chi connectivity index (χ0) is 19.0. The molecular weight excluding hydrogens is 341 g/mol. The van der Waals surface area contributed by atoms with Gasteiger partial charge in [-0.1, -0.05) is 30.3 Å². The zero-order valence-corrected chi connectivity index (χ0v) is 13.5. The smallest absolute Gasteiger partial charge is 0.275 e. The molecule has 1 aromatic carbocycles. The molecule has 0 N–H and O–H groups in total. The van der Waals surface area contributed by atoms with E-state index in [0.717, 1.165) is 13.8 Å². The van der Waals surface area contributed by atoms with Gasteiger partial charge in [-0.15, -0.1) is 0 Å². The molecule has 0 radical (unpaired) electrons. The summed E-state index contributed by atoms with van der Waals surface area (Å²) < 4.78 is 42.1. The van der Waals surface area contributed by atoms with E-state index in [4.69, 9.17) is 0 Å². The van der Waals surface area contributed by atoms with Gasteiger partial charge in [-0.05, 0) is 5.56 Å². The average molecular weight is 356 g/mol. The normalized spacial score (nSPS) is 21.5. The van der Waals surface area contributed by atoms with E-state index in [1.165, 1.54) is 24.3 Å². The molecule has 0 spiro atoms. The molecule has 1 atom stereocenters. The fourth-order valence-electron chi connectivity index (χ4n) is 2.90. The lowest BCUT2D eigenvalue weighted by atomic mass is 9.84. The third kappa shape index (κ3) is 3.01. The fourth-order valence-corrected chi connectivity index (χ4v) is 2.90. The second-order valence-corrected chi connectivity index (χ2v) is 5.68. The highest BCUT2D eigenvalue weighted by Gasteiger charge is 2.69. The molecule has 6 nitrogen and oxygen atoms in total. The Hall–Kier alpha value is -2.71. The molecule has 1 saturated heterocycles. The highest BCUT2D eigenvalue weighted by Crippen LogP contribution is 2.42. The van der Waals surface area contributed by atoms with Crippen LogP contribution in [0.5, 0.6) is 0 Å².